The van der Waals surface area contributed by atoms with Gasteiger partial charge in [-0.25, -0.2) is 0 Å². The first-order valence-electron chi connectivity index (χ1n) is 6.50. The molecule has 120 valence electrons. The van der Waals surface area contributed by atoms with Crippen LogP contribution in [0.1, 0.15) is 0 Å². The lowest BCUT2D eigenvalue weighted by Gasteiger charge is -2.09. The first kappa shape index (κ1) is 16.8. The van der Waals surface area contributed by atoms with Crippen LogP contribution in [0.4, 0.5) is 11.4 Å². The molecule has 0 bridgehead atoms. The molecule has 0 aromatic heterocycles. The van der Waals surface area contributed by atoms with Gasteiger partial charge in [0.05, 0.1) is 17.7 Å². The van der Waals surface area contributed by atoms with E-state index in [9.17, 15) is 14.9 Å². The molecule has 0 fully saturated rings. The van der Waals surface area contributed by atoms with Crippen LogP contribution in [0.2, 0.25) is 0 Å². The van der Waals surface area contributed by atoms with E-state index in [1.807, 2.05) is 0 Å². The summed E-state index contributed by atoms with van der Waals surface area (Å²) >= 11 is 3.23. The van der Waals surface area contributed by atoms with Gasteiger partial charge in [0, 0.05) is 22.7 Å². The lowest BCUT2D eigenvalue weighted by atomic mass is 10.3. The Morgan fingerprint density at radius 1 is 1.26 bits per heavy atom. The third-order valence-electron chi connectivity index (χ3n) is 2.85. The van der Waals surface area contributed by atoms with Crippen molar-refractivity contribution in [2.24, 2.45) is 0 Å². The van der Waals surface area contributed by atoms with E-state index < -0.39 is 10.8 Å². The maximum absolute atomic E-state index is 11.9. The standard InChI is InChI=1S/C15H13BrN2O5/c1-22-11-3-2-4-12(8-11)23-9-15(19)17-14-7-10(18(20)21)5-6-13(14)16/h2-8H,9H2,1H3,(H,17,19). The number of anilines is 1. The highest BCUT2D eigenvalue weighted by Gasteiger charge is 2.12. The van der Waals surface area contributed by atoms with Crippen LogP contribution in [-0.4, -0.2) is 24.5 Å². The number of nitrogens with zero attached hydrogens (tertiary/aromatic N) is 1. The largest absolute Gasteiger partial charge is 0.497 e. The van der Waals surface area contributed by atoms with Crippen LogP contribution in [0.25, 0.3) is 0 Å². The van der Waals surface area contributed by atoms with Crippen molar-refractivity contribution in [2.45, 2.75) is 0 Å². The summed E-state index contributed by atoms with van der Waals surface area (Å²) in [7, 11) is 1.53. The summed E-state index contributed by atoms with van der Waals surface area (Å²) in [5.74, 6) is 0.663. The molecule has 2 aromatic rings. The number of nitrogens with one attached hydrogen (secondary N) is 1. The highest BCUT2D eigenvalue weighted by molar-refractivity contribution is 9.10. The molecule has 1 amide bonds. The number of nitro groups is 1. The Bertz CT molecular complexity index is 736. The number of nitro benzene ring substituents is 1. The van der Waals surface area contributed by atoms with Crippen molar-refractivity contribution in [3.63, 3.8) is 0 Å². The minimum absolute atomic E-state index is 0.114. The Kier molecular flexibility index (Phi) is 5.53. The maximum Gasteiger partial charge on any atom is 0.271 e. The number of hydrogen-bond donors (Lipinski definition) is 1. The van der Waals surface area contributed by atoms with E-state index in [1.165, 1.54) is 25.3 Å². The Morgan fingerprint density at radius 3 is 2.70 bits per heavy atom. The minimum Gasteiger partial charge on any atom is -0.497 e. The lowest BCUT2D eigenvalue weighted by molar-refractivity contribution is -0.384. The molecule has 0 aliphatic carbocycles. The Balaban J connectivity index is 1.99. The lowest BCUT2D eigenvalue weighted by Crippen LogP contribution is -2.20. The van der Waals surface area contributed by atoms with Crippen molar-refractivity contribution in [1.82, 2.24) is 0 Å². The third kappa shape index (κ3) is 4.68. The molecule has 2 aromatic carbocycles. The summed E-state index contributed by atoms with van der Waals surface area (Å²) in [5.41, 5.74) is 0.190. The molecule has 1 N–H and O–H groups in total. The zero-order chi connectivity index (χ0) is 16.8. The maximum atomic E-state index is 11.9. The van der Waals surface area contributed by atoms with E-state index in [0.717, 1.165) is 0 Å². The Labute approximate surface area is 140 Å². The van der Waals surface area contributed by atoms with E-state index in [2.05, 4.69) is 21.2 Å². The topological polar surface area (TPSA) is 90.7 Å². The van der Waals surface area contributed by atoms with Crippen molar-refractivity contribution in [2.75, 3.05) is 19.0 Å². The molecule has 0 aliphatic rings. The summed E-state index contributed by atoms with van der Waals surface area (Å²) in [6.45, 7) is -0.234. The predicted molar refractivity (Wildman–Crippen MR) is 87.9 cm³/mol. The molecular formula is C15H13BrN2O5. The van der Waals surface area contributed by atoms with E-state index in [4.69, 9.17) is 9.47 Å². The van der Waals surface area contributed by atoms with Crippen molar-refractivity contribution >= 4 is 33.2 Å². The van der Waals surface area contributed by atoms with Gasteiger partial charge in [-0.05, 0) is 34.1 Å². The van der Waals surface area contributed by atoms with Crippen LogP contribution >= 0.6 is 15.9 Å². The fraction of sp³-hybridized carbons (Fsp3) is 0.133. The number of halogens is 1. The number of amides is 1. The van der Waals surface area contributed by atoms with Crippen LogP contribution in [0.5, 0.6) is 11.5 Å². The summed E-state index contributed by atoms with van der Waals surface area (Å²) in [6.07, 6.45) is 0. The molecule has 0 heterocycles. The summed E-state index contributed by atoms with van der Waals surface area (Å²) in [5, 5.41) is 13.3. The van der Waals surface area contributed by atoms with Crippen molar-refractivity contribution in [3.8, 4) is 11.5 Å². The van der Waals surface area contributed by atoms with Crippen LogP contribution < -0.4 is 14.8 Å². The zero-order valence-corrected chi connectivity index (χ0v) is 13.7. The second kappa shape index (κ2) is 7.59. The monoisotopic (exact) mass is 380 g/mol. The van der Waals surface area contributed by atoms with Gasteiger partial charge >= 0.3 is 0 Å². The second-order valence-electron chi connectivity index (χ2n) is 4.44. The van der Waals surface area contributed by atoms with Gasteiger partial charge in [0.15, 0.2) is 6.61 Å². The van der Waals surface area contributed by atoms with Crippen LogP contribution in [-0.2, 0) is 4.79 Å². The molecule has 7 nitrogen and oxygen atoms in total. The summed E-state index contributed by atoms with van der Waals surface area (Å²) in [6, 6.07) is 10.9. The van der Waals surface area contributed by atoms with Gasteiger partial charge in [0.2, 0.25) is 0 Å². The number of carbonyl (C=O) groups excluding carboxylic acids is 1. The Morgan fingerprint density at radius 2 is 2.00 bits per heavy atom. The molecule has 0 atom stereocenters. The number of ether oxygens (including phenoxy) is 2. The second-order valence-corrected chi connectivity index (χ2v) is 5.29. The molecular weight excluding hydrogens is 368 g/mol. The molecule has 0 radical (unpaired) electrons. The van der Waals surface area contributed by atoms with Gasteiger partial charge < -0.3 is 14.8 Å². The minimum atomic E-state index is -0.533. The van der Waals surface area contributed by atoms with Gasteiger partial charge in [-0.2, -0.15) is 0 Å². The van der Waals surface area contributed by atoms with Crippen molar-refractivity contribution in [1.29, 1.82) is 0 Å². The average Bonchev–Trinajstić information content (AvgIpc) is 2.55. The fourth-order valence-electron chi connectivity index (χ4n) is 1.75. The highest BCUT2D eigenvalue weighted by Crippen LogP contribution is 2.27. The van der Waals surface area contributed by atoms with Crippen LogP contribution in [0.3, 0.4) is 0 Å². The quantitative estimate of drug-likeness (QED) is 0.612. The van der Waals surface area contributed by atoms with Crippen molar-refractivity contribution in [3.05, 3.63) is 57.1 Å². The molecule has 0 aliphatic heterocycles. The molecule has 23 heavy (non-hydrogen) atoms. The van der Waals surface area contributed by atoms with E-state index in [0.29, 0.717) is 21.7 Å². The average molecular weight is 381 g/mol. The van der Waals surface area contributed by atoms with Gasteiger partial charge in [-0.3, -0.25) is 14.9 Å². The Hall–Kier alpha value is -2.61. The molecule has 0 saturated heterocycles. The zero-order valence-electron chi connectivity index (χ0n) is 12.1. The number of hydrogen-bond acceptors (Lipinski definition) is 5. The molecule has 0 unspecified atom stereocenters. The van der Waals surface area contributed by atoms with Gasteiger partial charge in [-0.1, -0.05) is 6.07 Å². The smallest absolute Gasteiger partial charge is 0.271 e. The molecule has 0 saturated carbocycles. The van der Waals surface area contributed by atoms with E-state index in [1.54, 1.807) is 24.3 Å². The summed E-state index contributed by atoms with van der Waals surface area (Å²) in [4.78, 5) is 22.1. The number of rotatable bonds is 6. The van der Waals surface area contributed by atoms with Crippen molar-refractivity contribution < 1.29 is 19.2 Å². The van der Waals surface area contributed by atoms with Gasteiger partial charge in [0.25, 0.3) is 11.6 Å². The van der Waals surface area contributed by atoms with Gasteiger partial charge in [-0.15, -0.1) is 0 Å². The first-order chi connectivity index (χ1) is 11.0. The molecule has 8 heteroatoms. The number of carbonyl (C=O) groups is 1. The van der Waals surface area contributed by atoms with Gasteiger partial charge in [0.1, 0.15) is 11.5 Å². The van der Waals surface area contributed by atoms with Crippen LogP contribution in [0.15, 0.2) is 46.9 Å². The number of methoxy groups -OCH3 is 1. The molecule has 2 rings (SSSR count). The predicted octanol–water partition coefficient (Wildman–Crippen LogP) is 3.38. The van der Waals surface area contributed by atoms with Crippen LogP contribution in [0, 0.1) is 10.1 Å². The highest BCUT2D eigenvalue weighted by atomic mass is 79.9. The number of benzene rings is 2. The number of non-ortho nitro benzene ring substituents is 1. The normalized spacial score (nSPS) is 10.0. The van der Waals surface area contributed by atoms with E-state index >= 15 is 0 Å². The van der Waals surface area contributed by atoms with E-state index in [-0.39, 0.29) is 12.3 Å². The SMILES string of the molecule is COc1cccc(OCC(=O)Nc2cc([N+](=O)[O-])ccc2Br)c1. The third-order valence-corrected chi connectivity index (χ3v) is 3.54. The first-order valence-corrected chi connectivity index (χ1v) is 7.29. The fourth-order valence-corrected chi connectivity index (χ4v) is 2.09. The molecule has 0 spiro atoms. The summed E-state index contributed by atoms with van der Waals surface area (Å²) < 4.78 is 11.0.